The largest absolute Gasteiger partial charge is 0.507 e. The number of nitrogens with zero attached hydrogens (tertiary/aromatic N) is 1. The van der Waals surface area contributed by atoms with Crippen LogP contribution in [0.1, 0.15) is 54.5 Å². The van der Waals surface area contributed by atoms with E-state index in [1.54, 1.807) is 24.3 Å². The number of carbonyl (C=O) groups is 2. The summed E-state index contributed by atoms with van der Waals surface area (Å²) >= 11 is 0. The van der Waals surface area contributed by atoms with E-state index in [1.165, 1.54) is 4.90 Å². The quantitative estimate of drug-likeness (QED) is 0.177. The van der Waals surface area contributed by atoms with Gasteiger partial charge in [0.15, 0.2) is 0 Å². The highest BCUT2D eigenvalue weighted by molar-refractivity contribution is 6.51. The van der Waals surface area contributed by atoms with E-state index in [4.69, 9.17) is 4.74 Å². The number of hydrogen-bond acceptors (Lipinski definition) is 4. The molecule has 0 spiro atoms. The Morgan fingerprint density at radius 3 is 2.31 bits per heavy atom. The predicted molar refractivity (Wildman–Crippen MR) is 139 cm³/mol. The van der Waals surface area contributed by atoms with Crippen molar-refractivity contribution in [2.75, 3.05) is 11.5 Å². The third kappa shape index (κ3) is 4.99. The Balaban J connectivity index is 1.76. The zero-order chi connectivity index (χ0) is 24.9. The van der Waals surface area contributed by atoms with Crippen molar-refractivity contribution in [1.82, 2.24) is 0 Å². The Morgan fingerprint density at radius 1 is 0.943 bits per heavy atom. The third-order valence-corrected chi connectivity index (χ3v) is 6.32. The average molecular weight is 470 g/mol. The fourth-order valence-electron chi connectivity index (χ4n) is 4.51. The second-order valence-corrected chi connectivity index (χ2v) is 8.95. The van der Waals surface area contributed by atoms with E-state index in [2.05, 4.69) is 6.92 Å². The molecule has 1 aliphatic rings. The van der Waals surface area contributed by atoms with Gasteiger partial charge in [-0.05, 0) is 61.7 Å². The molecule has 5 heteroatoms. The van der Waals surface area contributed by atoms with Crippen LogP contribution in [-0.4, -0.2) is 23.4 Å². The molecule has 1 heterocycles. The Kier molecular flexibility index (Phi) is 7.35. The number of rotatable bonds is 8. The van der Waals surface area contributed by atoms with Crippen LogP contribution >= 0.6 is 0 Å². The van der Waals surface area contributed by atoms with Gasteiger partial charge in [0.2, 0.25) is 0 Å². The number of ether oxygens (including phenoxy) is 1. The van der Waals surface area contributed by atoms with Crippen LogP contribution in [-0.2, 0) is 9.59 Å². The fraction of sp³-hybridized carbons (Fsp3) is 0.267. The van der Waals surface area contributed by atoms with Gasteiger partial charge in [-0.3, -0.25) is 14.5 Å². The molecule has 1 saturated heterocycles. The highest BCUT2D eigenvalue weighted by atomic mass is 16.5. The highest BCUT2D eigenvalue weighted by Crippen LogP contribution is 2.43. The van der Waals surface area contributed by atoms with Crippen molar-refractivity contribution in [3.63, 3.8) is 0 Å². The first-order valence-electron chi connectivity index (χ1n) is 12.1. The van der Waals surface area contributed by atoms with Gasteiger partial charge in [-0.25, -0.2) is 0 Å². The molecule has 1 fully saturated rings. The first-order valence-corrected chi connectivity index (χ1v) is 12.1. The summed E-state index contributed by atoms with van der Waals surface area (Å²) in [7, 11) is 0. The van der Waals surface area contributed by atoms with Crippen molar-refractivity contribution in [3.8, 4) is 5.75 Å². The zero-order valence-electron chi connectivity index (χ0n) is 20.5. The topological polar surface area (TPSA) is 66.8 Å². The Hall–Kier alpha value is -3.86. The van der Waals surface area contributed by atoms with E-state index in [9.17, 15) is 14.7 Å². The summed E-state index contributed by atoms with van der Waals surface area (Å²) in [6.45, 7) is 6.68. The lowest BCUT2D eigenvalue weighted by atomic mass is 9.95. The van der Waals surface area contributed by atoms with Gasteiger partial charge in [0, 0.05) is 11.3 Å². The van der Waals surface area contributed by atoms with E-state index in [1.807, 2.05) is 62.4 Å². The van der Waals surface area contributed by atoms with Crippen LogP contribution in [0, 0.1) is 13.8 Å². The van der Waals surface area contributed by atoms with E-state index >= 15 is 0 Å². The lowest BCUT2D eigenvalue weighted by Crippen LogP contribution is -2.30. The summed E-state index contributed by atoms with van der Waals surface area (Å²) < 4.78 is 5.77. The maximum atomic E-state index is 13.3. The molecule has 1 aliphatic heterocycles. The van der Waals surface area contributed by atoms with Crippen LogP contribution in [0.5, 0.6) is 5.75 Å². The standard InChI is InChI=1S/C30H31NO4/c1-4-5-9-18-35-24-15-13-23(14-16-24)28(32)26-27(22-10-7-6-8-11-22)31(30(34)29(26)33)25-17-12-20(2)19-21(25)3/h6-8,10-17,19,27,32H,4-5,9,18H2,1-3H3/b28-26+. The second kappa shape index (κ2) is 10.6. The van der Waals surface area contributed by atoms with Crippen molar-refractivity contribution in [2.24, 2.45) is 0 Å². The first kappa shape index (κ1) is 24.3. The molecule has 0 radical (unpaired) electrons. The van der Waals surface area contributed by atoms with Gasteiger partial charge in [0.25, 0.3) is 11.7 Å². The number of ketones is 1. The fourth-order valence-corrected chi connectivity index (χ4v) is 4.51. The number of unbranched alkanes of at least 4 members (excludes halogenated alkanes) is 2. The molecule has 3 aromatic rings. The summed E-state index contributed by atoms with van der Waals surface area (Å²) in [4.78, 5) is 28.1. The molecule has 0 aliphatic carbocycles. The van der Waals surface area contributed by atoms with Crippen LogP contribution in [0.2, 0.25) is 0 Å². The minimum atomic E-state index is -0.734. The first-order chi connectivity index (χ1) is 16.9. The van der Waals surface area contributed by atoms with Crippen molar-refractivity contribution in [2.45, 2.75) is 46.1 Å². The normalized spacial score (nSPS) is 17.1. The molecule has 0 aromatic heterocycles. The van der Waals surface area contributed by atoms with Gasteiger partial charge in [-0.15, -0.1) is 0 Å². The number of benzene rings is 3. The molecule has 0 saturated carbocycles. The maximum absolute atomic E-state index is 13.3. The monoisotopic (exact) mass is 469 g/mol. The minimum Gasteiger partial charge on any atom is -0.507 e. The molecule has 1 amide bonds. The van der Waals surface area contributed by atoms with E-state index < -0.39 is 17.7 Å². The lowest BCUT2D eigenvalue weighted by molar-refractivity contribution is -0.132. The van der Waals surface area contributed by atoms with Gasteiger partial charge in [-0.1, -0.05) is 67.8 Å². The summed E-state index contributed by atoms with van der Waals surface area (Å²) in [5.74, 6) is -0.838. The van der Waals surface area contributed by atoms with Gasteiger partial charge in [-0.2, -0.15) is 0 Å². The predicted octanol–water partition coefficient (Wildman–Crippen LogP) is 6.50. The molecule has 5 nitrogen and oxygen atoms in total. The van der Waals surface area contributed by atoms with Crippen LogP contribution in [0.3, 0.4) is 0 Å². The van der Waals surface area contributed by atoms with Gasteiger partial charge in [0.1, 0.15) is 11.5 Å². The number of aliphatic hydroxyl groups excluding tert-OH is 1. The second-order valence-electron chi connectivity index (χ2n) is 8.95. The van der Waals surface area contributed by atoms with E-state index in [0.717, 1.165) is 36.0 Å². The van der Waals surface area contributed by atoms with Crippen LogP contribution in [0.15, 0.2) is 78.4 Å². The number of Topliss-reactive ketones (excluding diaryl/α,β-unsaturated/α-hetero) is 1. The zero-order valence-corrected chi connectivity index (χ0v) is 20.5. The smallest absolute Gasteiger partial charge is 0.300 e. The summed E-state index contributed by atoms with van der Waals surface area (Å²) in [6, 6.07) is 21.4. The van der Waals surface area contributed by atoms with Crippen molar-refractivity contribution in [3.05, 3.63) is 101 Å². The molecule has 35 heavy (non-hydrogen) atoms. The molecule has 3 aromatic carbocycles. The van der Waals surface area contributed by atoms with E-state index in [-0.39, 0.29) is 11.3 Å². The lowest BCUT2D eigenvalue weighted by Gasteiger charge is -2.27. The number of aryl methyl sites for hydroxylation is 2. The maximum Gasteiger partial charge on any atom is 0.300 e. The molecule has 4 rings (SSSR count). The molecular formula is C30H31NO4. The Morgan fingerprint density at radius 2 is 1.66 bits per heavy atom. The van der Waals surface area contributed by atoms with Gasteiger partial charge >= 0.3 is 0 Å². The average Bonchev–Trinajstić information content (AvgIpc) is 3.13. The summed E-state index contributed by atoms with van der Waals surface area (Å²) in [5, 5.41) is 11.3. The molecule has 180 valence electrons. The molecular weight excluding hydrogens is 438 g/mol. The number of carbonyl (C=O) groups excluding carboxylic acids is 2. The molecule has 1 unspecified atom stereocenters. The van der Waals surface area contributed by atoms with Crippen LogP contribution < -0.4 is 9.64 Å². The highest BCUT2D eigenvalue weighted by Gasteiger charge is 2.47. The summed E-state index contributed by atoms with van der Waals surface area (Å²) in [6.07, 6.45) is 3.22. The number of amides is 1. The molecule has 1 N–H and O–H groups in total. The van der Waals surface area contributed by atoms with Crippen LogP contribution in [0.4, 0.5) is 5.69 Å². The molecule has 1 atom stereocenters. The van der Waals surface area contributed by atoms with Crippen molar-refractivity contribution in [1.29, 1.82) is 0 Å². The summed E-state index contributed by atoms with van der Waals surface area (Å²) in [5.41, 5.74) is 3.90. The van der Waals surface area contributed by atoms with Crippen molar-refractivity contribution >= 4 is 23.1 Å². The number of anilines is 1. The third-order valence-electron chi connectivity index (χ3n) is 6.32. The SMILES string of the molecule is CCCCCOc1ccc(/C(O)=C2\C(=O)C(=O)N(c3ccc(C)cc3C)C2c2ccccc2)cc1. The minimum absolute atomic E-state index is 0.0813. The van der Waals surface area contributed by atoms with Crippen molar-refractivity contribution < 1.29 is 19.4 Å². The molecule has 0 bridgehead atoms. The Labute approximate surface area is 206 Å². The van der Waals surface area contributed by atoms with E-state index in [0.29, 0.717) is 23.6 Å². The number of aliphatic hydroxyl groups is 1. The number of hydrogen-bond donors (Lipinski definition) is 1. The van der Waals surface area contributed by atoms with Crippen LogP contribution in [0.25, 0.3) is 5.76 Å². The Bertz CT molecular complexity index is 1250. The van der Waals surface area contributed by atoms with Gasteiger partial charge in [0.05, 0.1) is 18.2 Å². The van der Waals surface area contributed by atoms with Gasteiger partial charge < -0.3 is 9.84 Å².